The number of hydrogen-bond acceptors (Lipinski definition) is 6. The van der Waals surface area contributed by atoms with Gasteiger partial charge in [-0.25, -0.2) is 4.79 Å². The van der Waals surface area contributed by atoms with Gasteiger partial charge in [0.05, 0.1) is 18.5 Å². The predicted octanol–water partition coefficient (Wildman–Crippen LogP) is 2.33. The predicted molar refractivity (Wildman–Crippen MR) is 81.9 cm³/mol. The quantitative estimate of drug-likeness (QED) is 0.506. The van der Waals surface area contributed by atoms with Gasteiger partial charge in [-0.15, -0.1) is 0 Å². The van der Waals surface area contributed by atoms with E-state index >= 15 is 0 Å². The minimum atomic E-state index is -0.615. The summed E-state index contributed by atoms with van der Waals surface area (Å²) >= 11 is 0. The average molecular weight is 324 g/mol. The van der Waals surface area contributed by atoms with E-state index in [0.29, 0.717) is 5.56 Å². The lowest BCUT2D eigenvalue weighted by Gasteiger charge is -2.19. The number of nitro benzene ring substituents is 1. The first-order valence-corrected chi connectivity index (χ1v) is 6.92. The van der Waals surface area contributed by atoms with Gasteiger partial charge in [-0.2, -0.15) is 0 Å². The van der Waals surface area contributed by atoms with Crippen molar-refractivity contribution in [3.8, 4) is 0 Å². The van der Waals surface area contributed by atoms with Crippen molar-refractivity contribution in [2.45, 2.75) is 39.3 Å². The van der Waals surface area contributed by atoms with Crippen molar-refractivity contribution in [3.63, 3.8) is 0 Å². The van der Waals surface area contributed by atoms with Crippen LogP contribution in [-0.2, 0) is 27.2 Å². The molecule has 0 atom stereocenters. The van der Waals surface area contributed by atoms with Gasteiger partial charge in [0.15, 0.2) is 0 Å². The average Bonchev–Trinajstić information content (AvgIpc) is 2.43. The van der Waals surface area contributed by atoms with E-state index in [0.717, 1.165) is 0 Å². The third-order valence-electron chi connectivity index (χ3n) is 2.74. The van der Waals surface area contributed by atoms with Crippen molar-refractivity contribution in [2.75, 3.05) is 7.11 Å². The van der Waals surface area contributed by atoms with Gasteiger partial charge >= 0.3 is 12.1 Å². The van der Waals surface area contributed by atoms with Crippen LogP contribution in [0.3, 0.4) is 0 Å². The summed E-state index contributed by atoms with van der Waals surface area (Å²) < 4.78 is 9.63. The Morgan fingerprint density at radius 3 is 2.48 bits per heavy atom. The third kappa shape index (κ3) is 6.33. The van der Waals surface area contributed by atoms with Crippen LogP contribution >= 0.6 is 0 Å². The van der Waals surface area contributed by atoms with Gasteiger partial charge in [0.1, 0.15) is 5.60 Å². The molecule has 1 aromatic rings. The molecule has 0 fully saturated rings. The molecule has 8 heteroatoms. The second-order valence-electron chi connectivity index (χ2n) is 5.83. The first kappa shape index (κ1) is 18.4. The molecule has 0 saturated heterocycles. The van der Waals surface area contributed by atoms with Gasteiger partial charge < -0.3 is 14.8 Å². The number of amides is 1. The van der Waals surface area contributed by atoms with E-state index in [-0.39, 0.29) is 24.2 Å². The van der Waals surface area contributed by atoms with E-state index in [2.05, 4.69) is 10.1 Å². The number of nitrogens with one attached hydrogen (secondary N) is 1. The maximum absolute atomic E-state index is 11.6. The molecule has 0 aliphatic rings. The van der Waals surface area contributed by atoms with E-state index in [4.69, 9.17) is 4.74 Å². The fraction of sp³-hybridized carbons (Fsp3) is 0.467. The number of alkyl carbamates (subject to hydrolysis) is 1. The highest BCUT2D eigenvalue weighted by Gasteiger charge is 2.19. The molecule has 0 radical (unpaired) electrons. The van der Waals surface area contributed by atoms with Gasteiger partial charge in [-0.3, -0.25) is 14.9 Å². The highest BCUT2D eigenvalue weighted by Crippen LogP contribution is 2.21. The Labute approximate surface area is 133 Å². The SMILES string of the molecule is COC(=O)Cc1cc(CNC(=O)OC(C)(C)C)ccc1[N+](=O)[O-]. The molecule has 0 spiro atoms. The Bertz CT molecular complexity index is 606. The molecule has 0 heterocycles. The van der Waals surface area contributed by atoms with Gasteiger partial charge in [-0.1, -0.05) is 6.07 Å². The van der Waals surface area contributed by atoms with E-state index in [1.807, 2.05) is 0 Å². The number of carbonyl (C=O) groups is 2. The summed E-state index contributed by atoms with van der Waals surface area (Å²) in [5.41, 5.74) is 0.0532. The number of methoxy groups -OCH3 is 1. The molecular weight excluding hydrogens is 304 g/mol. The lowest BCUT2D eigenvalue weighted by Crippen LogP contribution is -2.32. The number of carbonyl (C=O) groups excluding carboxylic acids is 2. The highest BCUT2D eigenvalue weighted by atomic mass is 16.6. The first-order valence-electron chi connectivity index (χ1n) is 6.92. The summed E-state index contributed by atoms with van der Waals surface area (Å²) in [6, 6.07) is 4.30. The van der Waals surface area contributed by atoms with Crippen LogP contribution < -0.4 is 5.32 Å². The normalized spacial score (nSPS) is 10.8. The van der Waals surface area contributed by atoms with Gasteiger partial charge in [0, 0.05) is 18.2 Å². The lowest BCUT2D eigenvalue weighted by atomic mass is 10.1. The smallest absolute Gasteiger partial charge is 0.407 e. The number of esters is 1. The Hall–Kier alpha value is -2.64. The van der Waals surface area contributed by atoms with E-state index in [9.17, 15) is 19.7 Å². The number of benzene rings is 1. The van der Waals surface area contributed by atoms with Gasteiger partial charge in [-0.05, 0) is 32.4 Å². The molecule has 0 aliphatic carbocycles. The Balaban J connectivity index is 2.84. The molecular formula is C15H20N2O6. The summed E-state index contributed by atoms with van der Waals surface area (Å²) in [6.07, 6.45) is -0.807. The number of nitrogens with zero attached hydrogens (tertiary/aromatic N) is 1. The number of ether oxygens (including phenoxy) is 2. The summed E-state index contributed by atoms with van der Waals surface area (Å²) in [5, 5.41) is 13.5. The standard InChI is InChI=1S/C15H20N2O6/c1-15(2,3)23-14(19)16-9-10-5-6-12(17(20)21)11(7-10)8-13(18)22-4/h5-7H,8-9H2,1-4H3,(H,16,19). The molecule has 1 N–H and O–H groups in total. The zero-order chi connectivity index (χ0) is 17.6. The molecule has 126 valence electrons. The zero-order valence-electron chi connectivity index (χ0n) is 13.5. The summed E-state index contributed by atoms with van der Waals surface area (Å²) in [5.74, 6) is -0.578. The Morgan fingerprint density at radius 2 is 1.96 bits per heavy atom. The van der Waals surface area contributed by atoms with E-state index < -0.39 is 22.6 Å². The van der Waals surface area contributed by atoms with Crippen LogP contribution in [0.1, 0.15) is 31.9 Å². The van der Waals surface area contributed by atoms with Crippen molar-refractivity contribution < 1.29 is 24.0 Å². The minimum absolute atomic E-state index is 0.126. The van der Waals surface area contributed by atoms with Crippen LogP contribution in [0.15, 0.2) is 18.2 Å². The van der Waals surface area contributed by atoms with Crippen LogP contribution in [0.25, 0.3) is 0 Å². The topological polar surface area (TPSA) is 108 Å². The van der Waals surface area contributed by atoms with Gasteiger partial charge in [0.25, 0.3) is 5.69 Å². The minimum Gasteiger partial charge on any atom is -0.469 e. The second-order valence-corrected chi connectivity index (χ2v) is 5.83. The number of hydrogen-bond donors (Lipinski definition) is 1. The summed E-state index contributed by atoms with van der Waals surface area (Å²) in [4.78, 5) is 33.4. The molecule has 23 heavy (non-hydrogen) atoms. The maximum atomic E-state index is 11.6. The fourth-order valence-electron chi connectivity index (χ4n) is 1.78. The molecule has 0 bridgehead atoms. The van der Waals surface area contributed by atoms with Crippen molar-refractivity contribution >= 4 is 17.7 Å². The molecule has 1 rings (SSSR count). The largest absolute Gasteiger partial charge is 0.469 e. The lowest BCUT2D eigenvalue weighted by molar-refractivity contribution is -0.385. The Morgan fingerprint density at radius 1 is 1.30 bits per heavy atom. The van der Waals surface area contributed by atoms with Crippen LogP contribution in [0.4, 0.5) is 10.5 Å². The monoisotopic (exact) mass is 324 g/mol. The van der Waals surface area contributed by atoms with Crippen LogP contribution in [0.2, 0.25) is 0 Å². The van der Waals surface area contributed by atoms with Crippen LogP contribution in [0, 0.1) is 10.1 Å². The molecule has 0 aromatic heterocycles. The molecule has 0 aliphatic heterocycles. The highest BCUT2D eigenvalue weighted by molar-refractivity contribution is 5.74. The van der Waals surface area contributed by atoms with Crippen molar-refractivity contribution in [2.24, 2.45) is 0 Å². The molecule has 1 aromatic carbocycles. The van der Waals surface area contributed by atoms with E-state index in [1.165, 1.54) is 25.3 Å². The molecule has 0 saturated carbocycles. The van der Waals surface area contributed by atoms with Crippen molar-refractivity contribution in [1.29, 1.82) is 0 Å². The third-order valence-corrected chi connectivity index (χ3v) is 2.74. The first-order chi connectivity index (χ1) is 10.6. The van der Waals surface area contributed by atoms with Crippen molar-refractivity contribution in [1.82, 2.24) is 5.32 Å². The number of rotatable bonds is 5. The number of nitro groups is 1. The molecule has 0 unspecified atom stereocenters. The summed E-state index contributed by atoms with van der Waals surface area (Å²) in [6.45, 7) is 5.36. The molecule has 1 amide bonds. The van der Waals surface area contributed by atoms with E-state index in [1.54, 1.807) is 20.8 Å². The van der Waals surface area contributed by atoms with Crippen LogP contribution in [-0.4, -0.2) is 29.7 Å². The molecule has 8 nitrogen and oxygen atoms in total. The van der Waals surface area contributed by atoms with Crippen LogP contribution in [0.5, 0.6) is 0 Å². The summed E-state index contributed by atoms with van der Waals surface area (Å²) in [7, 11) is 1.21. The fourth-order valence-corrected chi connectivity index (χ4v) is 1.78. The van der Waals surface area contributed by atoms with Gasteiger partial charge in [0.2, 0.25) is 0 Å². The maximum Gasteiger partial charge on any atom is 0.407 e. The second kappa shape index (κ2) is 7.57. The van der Waals surface area contributed by atoms with Crippen molar-refractivity contribution in [3.05, 3.63) is 39.4 Å². The Kier molecular flexibility index (Phi) is 6.06. The zero-order valence-corrected chi connectivity index (χ0v) is 13.5.